The molecule has 1 atom stereocenters. The fourth-order valence-corrected chi connectivity index (χ4v) is 3.15. The first-order valence-corrected chi connectivity index (χ1v) is 9.86. The van der Waals surface area contributed by atoms with Crippen molar-refractivity contribution in [2.75, 3.05) is 0 Å². The molecule has 0 aliphatic carbocycles. The van der Waals surface area contributed by atoms with Gasteiger partial charge in [-0.25, -0.2) is 9.67 Å². The molecule has 1 heterocycles. The number of rotatable bonds is 8. The molecule has 3 rings (SSSR count). The fourth-order valence-electron chi connectivity index (χ4n) is 3.02. The predicted octanol–water partition coefficient (Wildman–Crippen LogP) is 4.89. The second-order valence-electron chi connectivity index (χ2n) is 7.34. The number of halogens is 1. The summed E-state index contributed by atoms with van der Waals surface area (Å²) in [7, 11) is 0. The summed E-state index contributed by atoms with van der Waals surface area (Å²) in [5, 5.41) is 7.97. The maximum Gasteiger partial charge on any atom is 0.251 e. The maximum absolute atomic E-state index is 12.8. The number of amides is 1. The van der Waals surface area contributed by atoms with Gasteiger partial charge in [0.1, 0.15) is 12.7 Å². The van der Waals surface area contributed by atoms with Crippen LogP contribution in [0.1, 0.15) is 54.2 Å². The van der Waals surface area contributed by atoms with Crippen molar-refractivity contribution in [3.05, 3.63) is 82.9 Å². The number of hydrogen-bond donors (Lipinski definition) is 1. The molecule has 1 unspecified atom stereocenters. The van der Waals surface area contributed by atoms with E-state index < -0.39 is 0 Å². The van der Waals surface area contributed by atoms with E-state index in [0.717, 1.165) is 24.0 Å². The lowest BCUT2D eigenvalue weighted by Crippen LogP contribution is -2.28. The number of carbonyl (C=O) groups excluding carboxylic acids is 1. The van der Waals surface area contributed by atoms with Crippen molar-refractivity contribution in [2.45, 2.75) is 39.3 Å². The van der Waals surface area contributed by atoms with Crippen LogP contribution in [0, 0.1) is 5.92 Å². The zero-order valence-electron chi connectivity index (χ0n) is 16.2. The van der Waals surface area contributed by atoms with Crippen LogP contribution in [0.15, 0.2) is 61.2 Å². The van der Waals surface area contributed by atoms with Gasteiger partial charge in [-0.15, -0.1) is 0 Å². The Kier molecular flexibility index (Phi) is 6.82. The topological polar surface area (TPSA) is 59.8 Å². The van der Waals surface area contributed by atoms with E-state index in [-0.39, 0.29) is 11.9 Å². The van der Waals surface area contributed by atoms with Crippen LogP contribution in [-0.4, -0.2) is 20.7 Å². The minimum Gasteiger partial charge on any atom is -0.345 e. The fraction of sp³-hybridized carbons (Fsp3) is 0.318. The molecule has 0 aliphatic rings. The molecule has 0 spiro atoms. The molecule has 3 aromatic rings. The highest BCUT2D eigenvalue weighted by Crippen LogP contribution is 2.23. The third-order valence-corrected chi connectivity index (χ3v) is 4.89. The summed E-state index contributed by atoms with van der Waals surface area (Å²) in [6.45, 7) is 5.01. The number of benzene rings is 2. The molecule has 0 radical (unpaired) electrons. The van der Waals surface area contributed by atoms with Crippen molar-refractivity contribution in [3.63, 3.8) is 0 Å². The summed E-state index contributed by atoms with van der Waals surface area (Å²) in [6, 6.07) is 15.2. The predicted molar refractivity (Wildman–Crippen MR) is 111 cm³/mol. The number of nitrogens with one attached hydrogen (secondary N) is 1. The van der Waals surface area contributed by atoms with E-state index >= 15 is 0 Å². The van der Waals surface area contributed by atoms with Crippen LogP contribution < -0.4 is 5.32 Å². The van der Waals surface area contributed by atoms with Crippen LogP contribution in [0.2, 0.25) is 5.02 Å². The Labute approximate surface area is 170 Å². The lowest BCUT2D eigenvalue weighted by atomic mass is 9.97. The average molecular weight is 397 g/mol. The van der Waals surface area contributed by atoms with Gasteiger partial charge < -0.3 is 5.32 Å². The molecular weight excluding hydrogens is 372 g/mol. The van der Waals surface area contributed by atoms with Crippen LogP contribution in [-0.2, 0) is 6.54 Å². The standard InChI is InChI=1S/C22H25ClN4O/c1-16(2)3-12-21(18-8-10-20(23)11-9-18)26-22(28)19-6-4-17(5-7-19)13-27-15-24-14-25-27/h4-11,14-16,21H,3,12-13H2,1-2H3,(H,26,28). The largest absolute Gasteiger partial charge is 0.345 e. The Bertz CT molecular complexity index is 874. The molecule has 1 aromatic heterocycles. The van der Waals surface area contributed by atoms with E-state index in [0.29, 0.717) is 23.0 Å². The summed E-state index contributed by atoms with van der Waals surface area (Å²) in [4.78, 5) is 16.7. The van der Waals surface area contributed by atoms with Gasteiger partial charge in [0.25, 0.3) is 5.91 Å². The van der Waals surface area contributed by atoms with E-state index in [1.54, 1.807) is 11.0 Å². The molecule has 6 heteroatoms. The first-order chi connectivity index (χ1) is 13.5. The van der Waals surface area contributed by atoms with Gasteiger partial charge in [-0.1, -0.05) is 49.7 Å². The van der Waals surface area contributed by atoms with Crippen LogP contribution in [0.25, 0.3) is 0 Å². The van der Waals surface area contributed by atoms with Crippen LogP contribution >= 0.6 is 11.6 Å². The molecule has 0 saturated carbocycles. The zero-order chi connectivity index (χ0) is 19.9. The molecule has 146 valence electrons. The normalized spacial score (nSPS) is 12.1. The SMILES string of the molecule is CC(C)CCC(NC(=O)c1ccc(Cn2cncn2)cc1)c1ccc(Cl)cc1. The highest BCUT2D eigenvalue weighted by molar-refractivity contribution is 6.30. The van der Waals surface area contributed by atoms with Crippen LogP contribution in [0.4, 0.5) is 0 Å². The van der Waals surface area contributed by atoms with Gasteiger partial charge in [0.2, 0.25) is 0 Å². The van der Waals surface area contributed by atoms with E-state index in [1.165, 1.54) is 6.33 Å². The third kappa shape index (κ3) is 5.67. The van der Waals surface area contributed by atoms with Crippen molar-refractivity contribution in [1.29, 1.82) is 0 Å². The Morgan fingerprint density at radius 3 is 2.39 bits per heavy atom. The van der Waals surface area contributed by atoms with E-state index in [9.17, 15) is 4.79 Å². The van der Waals surface area contributed by atoms with Gasteiger partial charge in [0, 0.05) is 10.6 Å². The lowest BCUT2D eigenvalue weighted by molar-refractivity contribution is 0.0933. The van der Waals surface area contributed by atoms with E-state index in [2.05, 4.69) is 29.2 Å². The summed E-state index contributed by atoms with van der Waals surface area (Å²) >= 11 is 6.01. The smallest absolute Gasteiger partial charge is 0.251 e. The molecule has 0 aliphatic heterocycles. The molecule has 28 heavy (non-hydrogen) atoms. The minimum atomic E-state index is -0.0731. The summed E-state index contributed by atoms with van der Waals surface area (Å²) < 4.78 is 1.75. The second-order valence-corrected chi connectivity index (χ2v) is 7.78. The first-order valence-electron chi connectivity index (χ1n) is 9.49. The molecule has 2 aromatic carbocycles. The Morgan fingerprint density at radius 1 is 1.07 bits per heavy atom. The third-order valence-electron chi connectivity index (χ3n) is 4.64. The quantitative estimate of drug-likeness (QED) is 0.589. The monoisotopic (exact) mass is 396 g/mol. The number of nitrogens with zero attached hydrogens (tertiary/aromatic N) is 3. The molecule has 0 bridgehead atoms. The Morgan fingerprint density at radius 2 is 1.79 bits per heavy atom. The van der Waals surface area contributed by atoms with Gasteiger partial charge in [0.15, 0.2) is 0 Å². The van der Waals surface area contributed by atoms with E-state index in [4.69, 9.17) is 11.6 Å². The molecular formula is C22H25ClN4O. The van der Waals surface area contributed by atoms with Crippen molar-refractivity contribution >= 4 is 17.5 Å². The van der Waals surface area contributed by atoms with Gasteiger partial charge in [-0.3, -0.25) is 4.79 Å². The zero-order valence-corrected chi connectivity index (χ0v) is 16.9. The van der Waals surface area contributed by atoms with Gasteiger partial charge in [-0.2, -0.15) is 5.10 Å². The number of hydrogen-bond acceptors (Lipinski definition) is 3. The molecule has 1 N–H and O–H groups in total. The van der Waals surface area contributed by atoms with Crippen LogP contribution in [0.5, 0.6) is 0 Å². The Balaban J connectivity index is 1.68. The van der Waals surface area contributed by atoms with Crippen molar-refractivity contribution in [3.8, 4) is 0 Å². The maximum atomic E-state index is 12.8. The first kappa shape index (κ1) is 20.1. The van der Waals surface area contributed by atoms with Gasteiger partial charge >= 0.3 is 0 Å². The van der Waals surface area contributed by atoms with Crippen LogP contribution in [0.3, 0.4) is 0 Å². The number of aromatic nitrogens is 3. The Hall–Kier alpha value is -2.66. The molecule has 1 amide bonds. The minimum absolute atomic E-state index is 0.0398. The summed E-state index contributed by atoms with van der Waals surface area (Å²) in [5.74, 6) is 0.499. The van der Waals surface area contributed by atoms with Gasteiger partial charge in [-0.05, 0) is 54.2 Å². The lowest BCUT2D eigenvalue weighted by Gasteiger charge is -2.20. The van der Waals surface area contributed by atoms with Crippen molar-refractivity contribution < 1.29 is 4.79 Å². The summed E-state index contributed by atoms with van der Waals surface area (Å²) in [6.07, 6.45) is 5.10. The van der Waals surface area contributed by atoms with Gasteiger partial charge in [0.05, 0.1) is 12.6 Å². The highest BCUT2D eigenvalue weighted by atomic mass is 35.5. The molecule has 5 nitrogen and oxygen atoms in total. The highest BCUT2D eigenvalue weighted by Gasteiger charge is 2.16. The molecule has 0 fully saturated rings. The average Bonchev–Trinajstić information content (AvgIpc) is 3.19. The molecule has 0 saturated heterocycles. The van der Waals surface area contributed by atoms with Crippen molar-refractivity contribution in [1.82, 2.24) is 20.1 Å². The van der Waals surface area contributed by atoms with Crippen molar-refractivity contribution in [2.24, 2.45) is 5.92 Å². The second kappa shape index (κ2) is 9.51. The summed E-state index contributed by atoms with van der Waals surface area (Å²) in [5.41, 5.74) is 2.78. The number of carbonyl (C=O) groups is 1. The van der Waals surface area contributed by atoms with E-state index in [1.807, 2.05) is 48.5 Å².